The van der Waals surface area contributed by atoms with E-state index in [2.05, 4.69) is 10.6 Å². The second-order valence-corrected chi connectivity index (χ2v) is 4.17. The molecule has 1 atom stereocenters. The SMILES string of the molecule is CCNC(=O)NC1CCN(c2ccccc2)C1=O. The van der Waals surface area contributed by atoms with Gasteiger partial charge in [-0.05, 0) is 25.5 Å². The van der Waals surface area contributed by atoms with Crippen LogP contribution in [-0.4, -0.2) is 31.1 Å². The summed E-state index contributed by atoms with van der Waals surface area (Å²) in [5.74, 6) is -0.0487. The lowest BCUT2D eigenvalue weighted by molar-refractivity contribution is -0.118. The highest BCUT2D eigenvalue weighted by Crippen LogP contribution is 2.20. The Bertz CT molecular complexity index is 433. The predicted octanol–water partition coefficient (Wildman–Crippen LogP) is 1.11. The van der Waals surface area contributed by atoms with Gasteiger partial charge in [-0.1, -0.05) is 18.2 Å². The molecule has 1 saturated heterocycles. The van der Waals surface area contributed by atoms with Crippen molar-refractivity contribution in [2.75, 3.05) is 18.0 Å². The Kier molecular flexibility index (Phi) is 3.82. The monoisotopic (exact) mass is 247 g/mol. The Morgan fingerprint density at radius 3 is 2.78 bits per heavy atom. The van der Waals surface area contributed by atoms with Crippen LogP contribution in [0.3, 0.4) is 0 Å². The van der Waals surface area contributed by atoms with Crippen LogP contribution in [0.5, 0.6) is 0 Å². The third-order valence-electron chi connectivity index (χ3n) is 2.92. The fourth-order valence-corrected chi connectivity index (χ4v) is 2.05. The van der Waals surface area contributed by atoms with Crippen molar-refractivity contribution < 1.29 is 9.59 Å². The van der Waals surface area contributed by atoms with Gasteiger partial charge in [0.15, 0.2) is 0 Å². The molecule has 0 radical (unpaired) electrons. The van der Waals surface area contributed by atoms with Crippen LogP contribution in [0.1, 0.15) is 13.3 Å². The van der Waals surface area contributed by atoms with Crippen LogP contribution >= 0.6 is 0 Å². The van der Waals surface area contributed by atoms with Crippen LogP contribution in [-0.2, 0) is 4.79 Å². The average molecular weight is 247 g/mol. The normalized spacial score (nSPS) is 18.8. The van der Waals surface area contributed by atoms with E-state index in [1.807, 2.05) is 37.3 Å². The molecule has 0 bridgehead atoms. The third-order valence-corrected chi connectivity index (χ3v) is 2.92. The zero-order chi connectivity index (χ0) is 13.0. The van der Waals surface area contributed by atoms with E-state index in [1.54, 1.807) is 4.90 Å². The number of carbonyl (C=O) groups excluding carboxylic acids is 2. The summed E-state index contributed by atoms with van der Waals surface area (Å²) in [5.41, 5.74) is 0.877. The second kappa shape index (κ2) is 5.53. The maximum Gasteiger partial charge on any atom is 0.315 e. The highest BCUT2D eigenvalue weighted by atomic mass is 16.2. The number of benzene rings is 1. The summed E-state index contributed by atoms with van der Waals surface area (Å²) < 4.78 is 0. The largest absolute Gasteiger partial charge is 0.338 e. The van der Waals surface area contributed by atoms with E-state index in [4.69, 9.17) is 0 Å². The van der Waals surface area contributed by atoms with Gasteiger partial charge in [-0.25, -0.2) is 4.79 Å². The molecule has 3 amide bonds. The molecule has 1 unspecified atom stereocenters. The molecule has 96 valence electrons. The van der Waals surface area contributed by atoms with Crippen LogP contribution in [0.2, 0.25) is 0 Å². The predicted molar refractivity (Wildman–Crippen MR) is 69.4 cm³/mol. The minimum atomic E-state index is -0.420. The van der Waals surface area contributed by atoms with E-state index in [0.717, 1.165) is 5.69 Å². The number of urea groups is 1. The molecule has 0 spiro atoms. The van der Waals surface area contributed by atoms with E-state index < -0.39 is 6.04 Å². The molecule has 1 aromatic rings. The lowest BCUT2D eigenvalue weighted by Crippen LogP contribution is -2.46. The van der Waals surface area contributed by atoms with Crippen LogP contribution in [0, 0.1) is 0 Å². The van der Waals surface area contributed by atoms with E-state index >= 15 is 0 Å². The molecule has 5 heteroatoms. The number of amides is 3. The molecular formula is C13H17N3O2. The van der Waals surface area contributed by atoms with Gasteiger partial charge in [0.05, 0.1) is 0 Å². The Labute approximate surface area is 106 Å². The second-order valence-electron chi connectivity index (χ2n) is 4.17. The zero-order valence-corrected chi connectivity index (χ0v) is 10.3. The van der Waals surface area contributed by atoms with Gasteiger partial charge in [0.25, 0.3) is 0 Å². The quantitative estimate of drug-likeness (QED) is 0.840. The van der Waals surface area contributed by atoms with Gasteiger partial charge < -0.3 is 15.5 Å². The van der Waals surface area contributed by atoms with Crippen molar-refractivity contribution in [2.24, 2.45) is 0 Å². The zero-order valence-electron chi connectivity index (χ0n) is 10.3. The average Bonchev–Trinajstić information content (AvgIpc) is 2.72. The van der Waals surface area contributed by atoms with Crippen LogP contribution in [0.25, 0.3) is 0 Å². The summed E-state index contributed by atoms with van der Waals surface area (Å²) in [6, 6.07) is 8.79. The Morgan fingerprint density at radius 2 is 2.11 bits per heavy atom. The summed E-state index contributed by atoms with van der Waals surface area (Å²) in [6.45, 7) is 3.03. The maximum absolute atomic E-state index is 12.1. The molecule has 0 saturated carbocycles. The van der Waals surface area contributed by atoms with Crippen molar-refractivity contribution >= 4 is 17.6 Å². The van der Waals surface area contributed by atoms with Crippen molar-refractivity contribution in [1.82, 2.24) is 10.6 Å². The Morgan fingerprint density at radius 1 is 1.39 bits per heavy atom. The molecular weight excluding hydrogens is 230 g/mol. The van der Waals surface area contributed by atoms with Gasteiger partial charge in [-0.15, -0.1) is 0 Å². The molecule has 0 aliphatic carbocycles. The topological polar surface area (TPSA) is 61.4 Å². The number of carbonyl (C=O) groups is 2. The van der Waals surface area contributed by atoms with Gasteiger partial charge in [0, 0.05) is 18.8 Å². The molecule has 1 fully saturated rings. The van der Waals surface area contributed by atoms with E-state index in [0.29, 0.717) is 19.5 Å². The van der Waals surface area contributed by atoms with Crippen molar-refractivity contribution in [1.29, 1.82) is 0 Å². The van der Waals surface area contributed by atoms with Crippen molar-refractivity contribution in [3.63, 3.8) is 0 Å². The number of hydrogen-bond donors (Lipinski definition) is 2. The van der Waals surface area contributed by atoms with Crippen molar-refractivity contribution in [3.8, 4) is 0 Å². The van der Waals surface area contributed by atoms with Crippen LogP contribution in [0.4, 0.5) is 10.5 Å². The van der Waals surface area contributed by atoms with Crippen LogP contribution < -0.4 is 15.5 Å². The molecule has 0 aromatic heterocycles. The van der Waals surface area contributed by atoms with Crippen LogP contribution in [0.15, 0.2) is 30.3 Å². The fourth-order valence-electron chi connectivity index (χ4n) is 2.05. The number of hydrogen-bond acceptors (Lipinski definition) is 2. The number of para-hydroxylation sites is 1. The summed E-state index contributed by atoms with van der Waals surface area (Å²) in [4.78, 5) is 25.2. The third kappa shape index (κ3) is 2.61. The standard InChI is InChI=1S/C13H17N3O2/c1-2-14-13(18)15-11-8-9-16(12(11)17)10-6-4-3-5-7-10/h3-7,11H,2,8-9H2,1H3,(H2,14,15,18). The van der Waals surface area contributed by atoms with Crippen molar-refractivity contribution in [2.45, 2.75) is 19.4 Å². The van der Waals surface area contributed by atoms with E-state index in [-0.39, 0.29) is 11.9 Å². The Hall–Kier alpha value is -2.04. The van der Waals surface area contributed by atoms with E-state index in [1.165, 1.54) is 0 Å². The first-order valence-corrected chi connectivity index (χ1v) is 6.13. The van der Waals surface area contributed by atoms with Gasteiger partial charge in [-0.2, -0.15) is 0 Å². The number of rotatable bonds is 3. The first kappa shape index (κ1) is 12.4. The maximum atomic E-state index is 12.1. The van der Waals surface area contributed by atoms with Crippen molar-refractivity contribution in [3.05, 3.63) is 30.3 Å². The highest BCUT2D eigenvalue weighted by Gasteiger charge is 2.33. The molecule has 1 heterocycles. The first-order valence-electron chi connectivity index (χ1n) is 6.13. The molecule has 18 heavy (non-hydrogen) atoms. The van der Waals surface area contributed by atoms with Gasteiger partial charge in [-0.3, -0.25) is 4.79 Å². The number of nitrogens with zero attached hydrogens (tertiary/aromatic N) is 1. The lowest BCUT2D eigenvalue weighted by Gasteiger charge is -2.17. The molecule has 2 N–H and O–H groups in total. The molecule has 5 nitrogen and oxygen atoms in total. The Balaban J connectivity index is 1.99. The minimum Gasteiger partial charge on any atom is -0.338 e. The fraction of sp³-hybridized carbons (Fsp3) is 0.385. The lowest BCUT2D eigenvalue weighted by atomic mass is 10.2. The number of nitrogens with one attached hydrogen (secondary N) is 2. The molecule has 2 rings (SSSR count). The van der Waals surface area contributed by atoms with Gasteiger partial charge >= 0.3 is 6.03 Å². The molecule has 1 aliphatic rings. The summed E-state index contributed by atoms with van der Waals surface area (Å²) in [5, 5.41) is 5.31. The molecule has 1 aromatic carbocycles. The first-order chi connectivity index (χ1) is 8.72. The number of anilines is 1. The molecule has 1 aliphatic heterocycles. The highest BCUT2D eigenvalue weighted by molar-refractivity contribution is 6.01. The van der Waals surface area contributed by atoms with Gasteiger partial charge in [0.2, 0.25) is 5.91 Å². The van der Waals surface area contributed by atoms with Gasteiger partial charge in [0.1, 0.15) is 6.04 Å². The minimum absolute atomic E-state index is 0.0487. The summed E-state index contributed by atoms with van der Waals surface area (Å²) >= 11 is 0. The van der Waals surface area contributed by atoms with E-state index in [9.17, 15) is 9.59 Å². The summed E-state index contributed by atoms with van der Waals surface area (Å²) in [6.07, 6.45) is 0.644. The summed E-state index contributed by atoms with van der Waals surface area (Å²) in [7, 11) is 0. The smallest absolute Gasteiger partial charge is 0.315 e.